The lowest BCUT2D eigenvalue weighted by Crippen LogP contribution is -2.49. The number of ether oxygens (including phenoxy) is 2. The SMILES string of the molecule is CC(C)(C)OC(=O)N1CCC(CCc2ccc3c4c2NCCn4c(=O)n3C2CCC(=O)N(COCC[Si](C)(C)C)C2=O)(CO[Si](C)(C)C(C)(C)C)CC1. The summed E-state index contributed by atoms with van der Waals surface area (Å²) in [5.41, 5.74) is 2.67. The van der Waals surface area contributed by atoms with E-state index in [0.717, 1.165) is 48.5 Å². The molecule has 0 bridgehead atoms. The average Bonchev–Trinajstić information content (AvgIpc) is 3.34. The number of carbonyl (C=O) groups is 3. The zero-order valence-electron chi connectivity index (χ0n) is 34.3. The topological polar surface area (TPSA) is 124 Å². The van der Waals surface area contributed by atoms with Crippen LogP contribution in [-0.2, 0) is 36.5 Å². The number of piperidine rings is 2. The van der Waals surface area contributed by atoms with Gasteiger partial charge in [0.2, 0.25) is 5.91 Å². The van der Waals surface area contributed by atoms with Crippen LogP contribution in [0, 0.1) is 5.41 Å². The van der Waals surface area contributed by atoms with Crippen molar-refractivity contribution >= 4 is 51.0 Å². The molecule has 296 valence electrons. The Balaban J connectivity index is 1.39. The van der Waals surface area contributed by atoms with Crippen molar-refractivity contribution in [2.75, 3.05) is 44.9 Å². The number of benzene rings is 1. The molecule has 3 aliphatic heterocycles. The lowest BCUT2D eigenvalue weighted by molar-refractivity contribution is -0.157. The van der Waals surface area contributed by atoms with Gasteiger partial charge in [0.15, 0.2) is 8.32 Å². The van der Waals surface area contributed by atoms with Gasteiger partial charge >= 0.3 is 11.8 Å². The number of imide groups is 1. The van der Waals surface area contributed by atoms with E-state index in [9.17, 15) is 19.2 Å². The summed E-state index contributed by atoms with van der Waals surface area (Å²) < 4.78 is 21.8. The number of likely N-dealkylation sites (tertiary alicyclic amines) is 2. The Bertz CT molecular complexity index is 1740. The van der Waals surface area contributed by atoms with Crippen LogP contribution in [0.5, 0.6) is 0 Å². The van der Waals surface area contributed by atoms with E-state index in [1.165, 1.54) is 4.90 Å². The Morgan fingerprint density at radius 3 is 2.28 bits per heavy atom. The predicted molar refractivity (Wildman–Crippen MR) is 215 cm³/mol. The molecule has 0 spiro atoms. The molecule has 3 aliphatic rings. The van der Waals surface area contributed by atoms with Crippen LogP contribution in [0.15, 0.2) is 16.9 Å². The van der Waals surface area contributed by atoms with Crippen LogP contribution in [0.3, 0.4) is 0 Å². The van der Waals surface area contributed by atoms with E-state index in [1.807, 2.05) is 31.7 Å². The van der Waals surface area contributed by atoms with Crippen LogP contribution < -0.4 is 11.0 Å². The fraction of sp³-hybridized carbons (Fsp3) is 0.744. The van der Waals surface area contributed by atoms with Crippen molar-refractivity contribution < 1.29 is 28.3 Å². The van der Waals surface area contributed by atoms with E-state index < -0.39 is 28.0 Å². The van der Waals surface area contributed by atoms with Gasteiger partial charge in [0.05, 0.1) is 16.7 Å². The molecule has 1 aromatic heterocycles. The summed E-state index contributed by atoms with van der Waals surface area (Å²) in [6, 6.07) is 4.23. The summed E-state index contributed by atoms with van der Waals surface area (Å²) in [6.45, 7) is 27.2. The largest absolute Gasteiger partial charge is 0.444 e. The summed E-state index contributed by atoms with van der Waals surface area (Å²) in [7, 11) is -3.37. The van der Waals surface area contributed by atoms with Gasteiger partial charge in [-0.25, -0.2) is 9.59 Å². The number of hydrogen-bond acceptors (Lipinski definition) is 8. The smallest absolute Gasteiger partial charge is 0.410 e. The van der Waals surface area contributed by atoms with Crippen LogP contribution in [0.25, 0.3) is 11.0 Å². The molecule has 2 aromatic rings. The quantitative estimate of drug-likeness (QED) is 0.137. The normalized spacial score (nSPS) is 19.9. The maximum Gasteiger partial charge on any atom is 0.410 e. The fourth-order valence-electron chi connectivity index (χ4n) is 7.26. The molecule has 2 saturated heterocycles. The third-order valence-electron chi connectivity index (χ3n) is 11.8. The first-order chi connectivity index (χ1) is 24.5. The van der Waals surface area contributed by atoms with Crippen molar-refractivity contribution in [2.45, 2.75) is 142 Å². The van der Waals surface area contributed by atoms with Crippen LogP contribution in [0.4, 0.5) is 10.5 Å². The highest BCUT2D eigenvalue weighted by Gasteiger charge is 2.43. The number of hydrogen-bond donors (Lipinski definition) is 1. The number of amides is 3. The van der Waals surface area contributed by atoms with E-state index in [1.54, 1.807) is 9.13 Å². The van der Waals surface area contributed by atoms with Crippen LogP contribution in [0.2, 0.25) is 43.8 Å². The molecular weight excluding hydrogens is 707 g/mol. The zero-order chi connectivity index (χ0) is 39.1. The minimum atomic E-state index is -2.04. The van der Waals surface area contributed by atoms with Gasteiger partial charge in [0.1, 0.15) is 18.4 Å². The first kappa shape index (κ1) is 41.2. The highest BCUT2D eigenvalue weighted by molar-refractivity contribution is 6.76. The number of anilines is 1. The summed E-state index contributed by atoms with van der Waals surface area (Å²) in [4.78, 5) is 56.8. The van der Waals surface area contributed by atoms with Crippen LogP contribution in [0.1, 0.15) is 85.3 Å². The number of aryl methyl sites for hydroxylation is 1. The lowest BCUT2D eigenvalue weighted by atomic mass is 9.74. The number of rotatable bonds is 12. The molecule has 1 atom stereocenters. The second kappa shape index (κ2) is 15.3. The van der Waals surface area contributed by atoms with Gasteiger partial charge in [0, 0.05) is 53.9 Å². The minimum Gasteiger partial charge on any atom is -0.444 e. The molecule has 53 heavy (non-hydrogen) atoms. The maximum atomic E-state index is 14.1. The fourth-order valence-corrected chi connectivity index (χ4v) is 9.12. The molecule has 2 fully saturated rings. The van der Waals surface area contributed by atoms with Gasteiger partial charge in [-0.3, -0.25) is 23.6 Å². The molecule has 14 heteroatoms. The average molecular weight is 772 g/mol. The second-order valence-electron chi connectivity index (χ2n) is 19.3. The Morgan fingerprint density at radius 2 is 1.66 bits per heavy atom. The molecule has 0 saturated carbocycles. The molecule has 1 unspecified atom stereocenters. The number of imidazole rings is 1. The Morgan fingerprint density at radius 1 is 0.981 bits per heavy atom. The predicted octanol–water partition coefficient (Wildman–Crippen LogP) is 7.20. The van der Waals surface area contributed by atoms with Crippen LogP contribution in [-0.4, -0.2) is 98.4 Å². The Labute approximate surface area is 318 Å². The van der Waals surface area contributed by atoms with E-state index >= 15 is 0 Å². The molecule has 4 heterocycles. The second-order valence-corrected chi connectivity index (χ2v) is 29.7. The van der Waals surface area contributed by atoms with Gasteiger partial charge in [-0.2, -0.15) is 0 Å². The number of carbonyl (C=O) groups excluding carboxylic acids is 3. The van der Waals surface area contributed by atoms with Crippen molar-refractivity contribution in [3.63, 3.8) is 0 Å². The molecular formula is C39H65N5O7Si2. The maximum absolute atomic E-state index is 14.1. The first-order valence-corrected chi connectivity index (χ1v) is 26.2. The summed E-state index contributed by atoms with van der Waals surface area (Å²) in [5.74, 6) is -0.636. The standard InChI is InChI=1S/C39H65N5O7Si2/c1-37(2,3)51-36(48)41-21-18-39(19-22-41,26-50-53(10,11)38(4,5)6)17-16-28-12-13-29-33-32(28)40-20-23-42(33)35(47)44(29)30-14-15-31(45)43(34(30)46)27-49-24-25-52(7,8)9/h12-13,30,40H,14-27H2,1-11H3. The van der Waals surface area contributed by atoms with Crippen molar-refractivity contribution in [1.29, 1.82) is 0 Å². The number of nitrogens with zero attached hydrogens (tertiary/aromatic N) is 4. The van der Waals surface area contributed by atoms with Gasteiger partial charge in [0.25, 0.3) is 5.91 Å². The van der Waals surface area contributed by atoms with Crippen molar-refractivity contribution in [1.82, 2.24) is 18.9 Å². The zero-order valence-corrected chi connectivity index (χ0v) is 36.3. The highest BCUT2D eigenvalue weighted by atomic mass is 28.4. The van der Waals surface area contributed by atoms with Gasteiger partial charge in [-0.05, 0) is 94.1 Å². The van der Waals surface area contributed by atoms with E-state index in [0.29, 0.717) is 44.9 Å². The van der Waals surface area contributed by atoms with E-state index in [2.05, 4.69) is 64.9 Å². The van der Waals surface area contributed by atoms with E-state index in [-0.39, 0.29) is 53.6 Å². The van der Waals surface area contributed by atoms with Gasteiger partial charge in [-0.15, -0.1) is 0 Å². The lowest BCUT2D eigenvalue weighted by Gasteiger charge is -2.45. The molecule has 12 nitrogen and oxygen atoms in total. The third kappa shape index (κ3) is 9.30. The summed E-state index contributed by atoms with van der Waals surface area (Å²) >= 11 is 0. The van der Waals surface area contributed by atoms with Gasteiger partial charge < -0.3 is 24.1 Å². The molecule has 0 radical (unpaired) electrons. The van der Waals surface area contributed by atoms with Crippen molar-refractivity contribution in [3.05, 3.63) is 28.2 Å². The molecule has 1 N–H and O–H groups in total. The highest BCUT2D eigenvalue weighted by Crippen LogP contribution is 2.43. The summed E-state index contributed by atoms with van der Waals surface area (Å²) in [6.07, 6.45) is 3.46. The molecule has 0 aliphatic carbocycles. The monoisotopic (exact) mass is 771 g/mol. The summed E-state index contributed by atoms with van der Waals surface area (Å²) in [5, 5.41) is 3.68. The van der Waals surface area contributed by atoms with Gasteiger partial charge in [-0.1, -0.05) is 46.5 Å². The molecule has 5 rings (SSSR count). The molecule has 1 aromatic carbocycles. The number of aromatic nitrogens is 2. The van der Waals surface area contributed by atoms with Crippen LogP contribution >= 0.6 is 0 Å². The molecule has 3 amide bonds. The Kier molecular flexibility index (Phi) is 11.9. The number of nitrogens with one attached hydrogen (secondary N) is 1. The Hall–Kier alpha value is -2.95. The minimum absolute atomic E-state index is 0.0755. The first-order valence-electron chi connectivity index (χ1n) is 19.6. The van der Waals surface area contributed by atoms with Crippen molar-refractivity contribution in [3.8, 4) is 0 Å². The van der Waals surface area contributed by atoms with E-state index in [4.69, 9.17) is 13.9 Å². The third-order valence-corrected chi connectivity index (χ3v) is 18.0. The van der Waals surface area contributed by atoms with Crippen molar-refractivity contribution in [2.24, 2.45) is 5.41 Å².